The maximum absolute atomic E-state index is 12.8. The van der Waals surface area contributed by atoms with Crippen LogP contribution in [0.15, 0.2) is 23.8 Å². The van der Waals surface area contributed by atoms with Crippen molar-refractivity contribution in [3.05, 3.63) is 23.8 Å². The highest BCUT2D eigenvalue weighted by molar-refractivity contribution is 5.76. The standard InChI is InChI=1S/C22H38N2O2/c1-4-7-20(21-8-6-12-23-21)18(3)9-14-24(13-5-2)22(25)17-19-10-15-26-16-11-19/h7,19,21,23H,3-6,8-17H2,1-2H3/b20-7+/t21-/m0/s1. The van der Waals surface area contributed by atoms with Crippen molar-refractivity contribution in [2.24, 2.45) is 5.92 Å². The zero-order chi connectivity index (χ0) is 18.8. The van der Waals surface area contributed by atoms with Crippen molar-refractivity contribution in [2.45, 2.75) is 71.3 Å². The minimum Gasteiger partial charge on any atom is -0.381 e. The lowest BCUT2D eigenvalue weighted by atomic mass is 9.94. The summed E-state index contributed by atoms with van der Waals surface area (Å²) in [4.78, 5) is 14.9. The summed E-state index contributed by atoms with van der Waals surface area (Å²) < 4.78 is 5.42. The van der Waals surface area contributed by atoms with Gasteiger partial charge in [0.2, 0.25) is 5.91 Å². The second-order valence-electron chi connectivity index (χ2n) is 7.71. The van der Waals surface area contributed by atoms with E-state index >= 15 is 0 Å². The zero-order valence-corrected chi connectivity index (χ0v) is 16.9. The van der Waals surface area contributed by atoms with E-state index in [1.54, 1.807) is 0 Å². The third-order valence-electron chi connectivity index (χ3n) is 5.60. The molecule has 2 aliphatic rings. The number of hydrogen-bond acceptors (Lipinski definition) is 3. The van der Waals surface area contributed by atoms with Gasteiger partial charge in [0.1, 0.15) is 0 Å². The molecular weight excluding hydrogens is 324 g/mol. The van der Waals surface area contributed by atoms with Gasteiger partial charge in [0.15, 0.2) is 0 Å². The topological polar surface area (TPSA) is 41.6 Å². The van der Waals surface area contributed by atoms with Crippen LogP contribution in [0.1, 0.15) is 65.2 Å². The molecule has 148 valence electrons. The molecule has 0 aromatic rings. The molecule has 1 N–H and O–H groups in total. The molecule has 0 unspecified atom stereocenters. The third kappa shape index (κ3) is 6.55. The van der Waals surface area contributed by atoms with Crippen molar-refractivity contribution in [1.82, 2.24) is 10.2 Å². The molecule has 0 radical (unpaired) electrons. The predicted molar refractivity (Wildman–Crippen MR) is 108 cm³/mol. The van der Waals surface area contributed by atoms with Crippen molar-refractivity contribution < 1.29 is 9.53 Å². The van der Waals surface area contributed by atoms with Gasteiger partial charge >= 0.3 is 0 Å². The number of carbonyl (C=O) groups excluding carboxylic acids is 1. The Hall–Kier alpha value is -1.13. The lowest BCUT2D eigenvalue weighted by molar-refractivity contribution is -0.132. The lowest BCUT2D eigenvalue weighted by Gasteiger charge is -2.28. The number of carbonyl (C=O) groups is 1. The third-order valence-corrected chi connectivity index (χ3v) is 5.60. The second kappa shape index (κ2) is 11.6. The Morgan fingerprint density at radius 3 is 2.62 bits per heavy atom. The first kappa shape index (κ1) is 21.2. The van der Waals surface area contributed by atoms with E-state index in [0.717, 1.165) is 65.0 Å². The molecule has 1 atom stereocenters. The molecule has 26 heavy (non-hydrogen) atoms. The molecule has 1 amide bonds. The normalized spacial score (nSPS) is 21.8. The molecule has 0 aromatic carbocycles. The fourth-order valence-corrected chi connectivity index (χ4v) is 4.07. The number of amides is 1. The van der Waals surface area contributed by atoms with Crippen LogP contribution in [0.4, 0.5) is 0 Å². The number of nitrogens with one attached hydrogen (secondary N) is 1. The van der Waals surface area contributed by atoms with Crippen LogP contribution in [-0.2, 0) is 9.53 Å². The monoisotopic (exact) mass is 362 g/mol. The molecule has 2 saturated heterocycles. The van der Waals surface area contributed by atoms with Crippen LogP contribution in [0.25, 0.3) is 0 Å². The molecule has 2 rings (SSSR count). The Labute approximate surface area is 160 Å². The first-order chi connectivity index (χ1) is 12.7. The lowest BCUT2D eigenvalue weighted by Crippen LogP contribution is -2.35. The van der Waals surface area contributed by atoms with Crippen molar-refractivity contribution in [2.75, 3.05) is 32.8 Å². The average molecular weight is 363 g/mol. The number of nitrogens with zero attached hydrogens (tertiary/aromatic N) is 1. The van der Waals surface area contributed by atoms with Crippen LogP contribution in [0.5, 0.6) is 0 Å². The van der Waals surface area contributed by atoms with E-state index in [1.165, 1.54) is 24.0 Å². The largest absolute Gasteiger partial charge is 0.381 e. The van der Waals surface area contributed by atoms with Crippen LogP contribution in [0.2, 0.25) is 0 Å². The molecule has 0 saturated carbocycles. The Balaban J connectivity index is 1.88. The smallest absolute Gasteiger partial charge is 0.222 e. The summed E-state index contributed by atoms with van der Waals surface area (Å²) in [5.74, 6) is 0.809. The number of allylic oxidation sites excluding steroid dienone is 1. The van der Waals surface area contributed by atoms with Gasteiger partial charge in [0, 0.05) is 38.8 Å². The van der Waals surface area contributed by atoms with Crippen LogP contribution < -0.4 is 5.32 Å². The molecular formula is C22H38N2O2. The highest BCUT2D eigenvalue weighted by Crippen LogP contribution is 2.24. The van der Waals surface area contributed by atoms with Crippen molar-refractivity contribution in [1.29, 1.82) is 0 Å². The fraction of sp³-hybridized carbons (Fsp3) is 0.773. The Morgan fingerprint density at radius 1 is 1.23 bits per heavy atom. The first-order valence-electron chi connectivity index (χ1n) is 10.6. The molecule has 2 aliphatic heterocycles. The van der Waals surface area contributed by atoms with E-state index in [9.17, 15) is 4.79 Å². The van der Waals surface area contributed by atoms with Gasteiger partial charge in [-0.3, -0.25) is 4.79 Å². The quantitative estimate of drug-likeness (QED) is 0.596. The van der Waals surface area contributed by atoms with E-state index in [0.29, 0.717) is 24.3 Å². The van der Waals surface area contributed by atoms with Gasteiger partial charge in [0.05, 0.1) is 0 Å². The molecule has 0 aromatic heterocycles. The molecule has 4 heteroatoms. The minimum absolute atomic E-state index is 0.312. The minimum atomic E-state index is 0.312. The van der Waals surface area contributed by atoms with Gasteiger partial charge in [-0.1, -0.05) is 26.5 Å². The first-order valence-corrected chi connectivity index (χ1v) is 10.6. The van der Waals surface area contributed by atoms with Crippen molar-refractivity contribution in [3.8, 4) is 0 Å². The van der Waals surface area contributed by atoms with Gasteiger partial charge < -0.3 is 15.0 Å². The maximum atomic E-state index is 12.8. The summed E-state index contributed by atoms with van der Waals surface area (Å²) in [5.41, 5.74) is 2.57. The summed E-state index contributed by atoms with van der Waals surface area (Å²) in [6, 6.07) is 0.458. The van der Waals surface area contributed by atoms with Gasteiger partial charge in [-0.05, 0) is 68.6 Å². The molecule has 2 fully saturated rings. The predicted octanol–water partition coefficient (Wildman–Crippen LogP) is 4.08. The van der Waals surface area contributed by atoms with E-state index in [4.69, 9.17) is 4.74 Å². The second-order valence-corrected chi connectivity index (χ2v) is 7.71. The van der Waals surface area contributed by atoms with Crippen molar-refractivity contribution in [3.63, 3.8) is 0 Å². The molecule has 0 aliphatic carbocycles. The van der Waals surface area contributed by atoms with E-state index in [-0.39, 0.29) is 0 Å². The SMILES string of the molecule is C=C(CCN(CCC)C(=O)CC1CCOCC1)/C(=C\CC)[C@@H]1CCCN1. The van der Waals surface area contributed by atoms with Gasteiger partial charge in [-0.15, -0.1) is 0 Å². The maximum Gasteiger partial charge on any atom is 0.222 e. The van der Waals surface area contributed by atoms with E-state index < -0.39 is 0 Å². The molecule has 2 heterocycles. The number of hydrogen-bond donors (Lipinski definition) is 1. The van der Waals surface area contributed by atoms with Gasteiger partial charge in [-0.25, -0.2) is 0 Å². The fourth-order valence-electron chi connectivity index (χ4n) is 4.07. The van der Waals surface area contributed by atoms with Crippen LogP contribution in [0.3, 0.4) is 0 Å². The summed E-state index contributed by atoms with van der Waals surface area (Å²) in [6.45, 7) is 13.1. The number of ether oxygens (including phenoxy) is 1. The summed E-state index contributed by atoms with van der Waals surface area (Å²) in [6.07, 6.45) is 10.4. The Morgan fingerprint density at radius 2 is 2.00 bits per heavy atom. The summed E-state index contributed by atoms with van der Waals surface area (Å²) in [7, 11) is 0. The highest BCUT2D eigenvalue weighted by Gasteiger charge is 2.23. The highest BCUT2D eigenvalue weighted by atomic mass is 16.5. The van der Waals surface area contributed by atoms with Gasteiger partial charge in [-0.2, -0.15) is 0 Å². The average Bonchev–Trinajstić information content (AvgIpc) is 3.18. The van der Waals surface area contributed by atoms with Crippen molar-refractivity contribution >= 4 is 5.91 Å². The Bertz CT molecular complexity index is 475. The number of rotatable bonds is 10. The Kier molecular flexibility index (Phi) is 9.41. The molecule has 0 spiro atoms. The van der Waals surface area contributed by atoms with Gasteiger partial charge in [0.25, 0.3) is 0 Å². The van der Waals surface area contributed by atoms with E-state index in [2.05, 4.69) is 36.7 Å². The van der Waals surface area contributed by atoms with Crippen LogP contribution in [0, 0.1) is 5.92 Å². The summed E-state index contributed by atoms with van der Waals surface area (Å²) in [5, 5.41) is 3.59. The van der Waals surface area contributed by atoms with Crippen LogP contribution in [-0.4, -0.2) is 49.7 Å². The molecule has 0 bridgehead atoms. The molecule has 4 nitrogen and oxygen atoms in total. The van der Waals surface area contributed by atoms with Crippen LogP contribution >= 0.6 is 0 Å². The summed E-state index contributed by atoms with van der Waals surface area (Å²) >= 11 is 0. The van der Waals surface area contributed by atoms with E-state index in [1.807, 2.05) is 0 Å². The zero-order valence-electron chi connectivity index (χ0n) is 16.9.